The highest BCUT2D eigenvalue weighted by atomic mass is 79.9. The van der Waals surface area contributed by atoms with Gasteiger partial charge in [0.05, 0.1) is 0 Å². The maximum absolute atomic E-state index is 12.1. The van der Waals surface area contributed by atoms with E-state index in [9.17, 15) is 13.2 Å². The van der Waals surface area contributed by atoms with Gasteiger partial charge in [0, 0.05) is 30.3 Å². The van der Waals surface area contributed by atoms with Crippen LogP contribution in [0.2, 0.25) is 0 Å². The Balaban J connectivity index is 2.15. The smallest absolute Gasteiger partial charge is 0.289 e. The van der Waals surface area contributed by atoms with Crippen molar-refractivity contribution in [2.45, 2.75) is 18.2 Å². The Hall–Kier alpha value is -0.530. The Morgan fingerprint density at radius 3 is 2.63 bits per heavy atom. The molecule has 1 amide bonds. The highest BCUT2D eigenvalue weighted by molar-refractivity contribution is 9.10. The zero-order valence-electron chi connectivity index (χ0n) is 10.4. The number of hydrogen-bond donors (Lipinski definition) is 0. The molecule has 1 heterocycles. The van der Waals surface area contributed by atoms with Gasteiger partial charge in [-0.2, -0.15) is 0 Å². The van der Waals surface area contributed by atoms with Crippen LogP contribution in [0.15, 0.2) is 20.0 Å². The number of carbonyl (C=O) groups excluding carboxylic acids is 1. The third-order valence-corrected chi connectivity index (χ3v) is 5.44. The Kier molecular flexibility index (Phi) is 3.99. The van der Waals surface area contributed by atoms with Crippen molar-refractivity contribution in [3.05, 3.63) is 16.5 Å². The van der Waals surface area contributed by atoms with Crippen LogP contribution in [0.3, 0.4) is 0 Å². The molecule has 8 heteroatoms. The molecule has 0 saturated heterocycles. The Bertz CT molecular complexity index is 612. The first kappa shape index (κ1) is 14.9. The molecule has 1 saturated carbocycles. The molecule has 0 radical (unpaired) electrons. The first-order valence-electron chi connectivity index (χ1n) is 5.69. The lowest BCUT2D eigenvalue weighted by Crippen LogP contribution is -2.28. The summed E-state index contributed by atoms with van der Waals surface area (Å²) in [4.78, 5) is 13.4. The van der Waals surface area contributed by atoms with Gasteiger partial charge in [0.1, 0.15) is 4.90 Å². The van der Waals surface area contributed by atoms with Gasteiger partial charge in [-0.15, -0.1) is 0 Å². The fourth-order valence-electron chi connectivity index (χ4n) is 1.90. The first-order valence-corrected chi connectivity index (χ1v) is 8.80. The Morgan fingerprint density at radius 2 is 2.21 bits per heavy atom. The van der Waals surface area contributed by atoms with Gasteiger partial charge in [-0.3, -0.25) is 4.79 Å². The summed E-state index contributed by atoms with van der Waals surface area (Å²) in [5.74, 6) is 0.759. The van der Waals surface area contributed by atoms with Crippen LogP contribution in [-0.4, -0.2) is 32.8 Å². The summed E-state index contributed by atoms with van der Waals surface area (Å²) in [6.45, 7) is 2.77. The zero-order valence-corrected chi connectivity index (χ0v) is 13.5. The number of halogens is 2. The topological polar surface area (TPSA) is 67.6 Å². The van der Waals surface area contributed by atoms with Crippen molar-refractivity contribution in [2.24, 2.45) is 11.8 Å². The largest absolute Gasteiger partial charge is 0.443 e. The molecule has 1 aliphatic rings. The number of amides is 1. The lowest BCUT2D eigenvalue weighted by molar-refractivity contribution is 0.0754. The number of carbonyl (C=O) groups is 1. The molecule has 0 bridgehead atoms. The van der Waals surface area contributed by atoms with Crippen LogP contribution in [0.1, 0.15) is 23.9 Å². The maximum Gasteiger partial charge on any atom is 0.289 e. The van der Waals surface area contributed by atoms with Crippen LogP contribution >= 0.6 is 26.6 Å². The molecule has 2 rings (SSSR count). The molecule has 0 aromatic carbocycles. The summed E-state index contributed by atoms with van der Waals surface area (Å²) < 4.78 is 27.5. The second-order valence-electron chi connectivity index (χ2n) is 4.85. The number of hydrogen-bond acceptors (Lipinski definition) is 4. The number of nitrogens with zero attached hydrogens (tertiary/aromatic N) is 1. The van der Waals surface area contributed by atoms with Crippen LogP contribution in [0, 0.1) is 11.8 Å². The quantitative estimate of drug-likeness (QED) is 0.764. The lowest BCUT2D eigenvalue weighted by Gasteiger charge is -2.15. The molecule has 1 aromatic heterocycles. The van der Waals surface area contributed by atoms with Gasteiger partial charge in [-0.25, -0.2) is 8.42 Å². The van der Waals surface area contributed by atoms with Crippen molar-refractivity contribution >= 4 is 41.6 Å². The van der Waals surface area contributed by atoms with Gasteiger partial charge >= 0.3 is 0 Å². The molecule has 0 aliphatic heterocycles. The average Bonchev–Trinajstić information content (AvgIpc) is 2.81. The van der Waals surface area contributed by atoms with Crippen LogP contribution < -0.4 is 0 Å². The molecule has 1 fully saturated rings. The molecule has 0 spiro atoms. The lowest BCUT2D eigenvalue weighted by atomic mass is 10.3. The average molecular weight is 371 g/mol. The zero-order chi connectivity index (χ0) is 14.4. The molecule has 106 valence electrons. The maximum atomic E-state index is 12.1. The van der Waals surface area contributed by atoms with E-state index in [0.717, 1.165) is 12.5 Å². The van der Waals surface area contributed by atoms with Crippen molar-refractivity contribution in [1.29, 1.82) is 0 Å². The number of rotatable bonds is 4. The van der Waals surface area contributed by atoms with Crippen LogP contribution in [0.25, 0.3) is 0 Å². The minimum Gasteiger partial charge on any atom is -0.443 e. The molecular formula is C11H13BrClNO4S. The van der Waals surface area contributed by atoms with Gasteiger partial charge in [0.15, 0.2) is 10.4 Å². The molecule has 19 heavy (non-hydrogen) atoms. The molecule has 2 atom stereocenters. The third kappa shape index (κ3) is 3.32. The van der Waals surface area contributed by atoms with E-state index >= 15 is 0 Å². The summed E-state index contributed by atoms with van der Waals surface area (Å²) >= 11 is 2.94. The minimum absolute atomic E-state index is 0.0399. The third-order valence-electron chi connectivity index (χ3n) is 3.26. The Morgan fingerprint density at radius 1 is 1.63 bits per heavy atom. The summed E-state index contributed by atoms with van der Waals surface area (Å²) in [5, 5.41) is 0. The van der Waals surface area contributed by atoms with E-state index in [2.05, 4.69) is 22.9 Å². The predicted octanol–water partition coefficient (Wildman–Crippen LogP) is 2.70. The highest BCUT2D eigenvalue weighted by Gasteiger charge is 2.35. The van der Waals surface area contributed by atoms with Crippen LogP contribution in [0.5, 0.6) is 0 Å². The predicted molar refractivity (Wildman–Crippen MR) is 73.7 cm³/mol. The van der Waals surface area contributed by atoms with Crippen LogP contribution in [0.4, 0.5) is 0 Å². The minimum atomic E-state index is -3.93. The van der Waals surface area contributed by atoms with E-state index < -0.39 is 9.05 Å². The number of furan rings is 1. The van der Waals surface area contributed by atoms with Crippen molar-refractivity contribution in [3.63, 3.8) is 0 Å². The fourth-order valence-corrected chi connectivity index (χ4v) is 3.93. The summed E-state index contributed by atoms with van der Waals surface area (Å²) in [6.07, 6.45) is 1.11. The van der Waals surface area contributed by atoms with Gasteiger partial charge < -0.3 is 9.32 Å². The van der Waals surface area contributed by atoms with Crippen molar-refractivity contribution in [2.75, 3.05) is 13.6 Å². The first-order chi connectivity index (χ1) is 8.70. The van der Waals surface area contributed by atoms with Gasteiger partial charge in [-0.1, -0.05) is 6.92 Å². The van der Waals surface area contributed by atoms with Crippen LogP contribution in [-0.2, 0) is 9.05 Å². The van der Waals surface area contributed by atoms with E-state index in [-0.39, 0.29) is 21.2 Å². The molecule has 1 aliphatic carbocycles. The molecule has 5 nitrogen and oxygen atoms in total. The second-order valence-corrected chi connectivity index (χ2v) is 8.10. The van der Waals surface area contributed by atoms with E-state index in [4.69, 9.17) is 15.1 Å². The summed E-state index contributed by atoms with van der Waals surface area (Å²) in [6, 6.07) is 1.14. The normalized spacial score (nSPS) is 22.3. The summed E-state index contributed by atoms with van der Waals surface area (Å²) in [7, 11) is 2.97. The monoisotopic (exact) mass is 369 g/mol. The van der Waals surface area contributed by atoms with E-state index in [1.54, 1.807) is 7.05 Å². The van der Waals surface area contributed by atoms with E-state index in [1.165, 1.54) is 4.90 Å². The standard InChI is InChI=1S/C11H13BrClNO4S/c1-6-3-7(6)5-14(2)11(15)8-4-9(10(12)18-8)19(13,16)17/h4,6-7H,3,5H2,1-2H3. The van der Waals surface area contributed by atoms with Crippen molar-refractivity contribution in [1.82, 2.24) is 4.90 Å². The van der Waals surface area contributed by atoms with E-state index in [0.29, 0.717) is 18.4 Å². The molecule has 1 aromatic rings. The van der Waals surface area contributed by atoms with Crippen molar-refractivity contribution in [3.8, 4) is 0 Å². The van der Waals surface area contributed by atoms with Gasteiger partial charge in [0.2, 0.25) is 0 Å². The van der Waals surface area contributed by atoms with Crippen molar-refractivity contribution < 1.29 is 17.6 Å². The molecular weight excluding hydrogens is 358 g/mol. The molecule has 0 N–H and O–H groups in total. The summed E-state index contributed by atoms with van der Waals surface area (Å²) in [5.41, 5.74) is 0. The van der Waals surface area contributed by atoms with E-state index in [1.807, 2.05) is 0 Å². The molecule has 2 unspecified atom stereocenters. The van der Waals surface area contributed by atoms with Gasteiger partial charge in [-0.05, 0) is 34.2 Å². The fraction of sp³-hybridized carbons (Fsp3) is 0.545. The SMILES string of the molecule is CC1CC1CN(C)C(=O)c1cc(S(=O)(=O)Cl)c(Br)o1. The van der Waals surface area contributed by atoms with Gasteiger partial charge in [0.25, 0.3) is 15.0 Å². The highest BCUT2D eigenvalue weighted by Crippen LogP contribution is 2.38. The Labute approximate surface area is 124 Å². The second kappa shape index (κ2) is 5.10.